The molecule has 1 atom stereocenters. The van der Waals surface area contributed by atoms with Gasteiger partial charge in [0.2, 0.25) is 0 Å². The Morgan fingerprint density at radius 1 is 0.970 bits per heavy atom. The lowest BCUT2D eigenvalue weighted by Gasteiger charge is -2.34. The number of urea groups is 1. The Kier molecular flexibility index (Phi) is 5.33. The molecule has 0 bridgehead atoms. The second kappa shape index (κ2) is 8.35. The molecular weight excluding hydrogens is 426 g/mol. The van der Waals surface area contributed by atoms with Crippen LogP contribution in [0.2, 0.25) is 0 Å². The van der Waals surface area contributed by atoms with E-state index in [-0.39, 0.29) is 12.1 Å². The molecule has 2 aliphatic carbocycles. The van der Waals surface area contributed by atoms with E-state index in [0.29, 0.717) is 12.5 Å². The molecule has 6 rings (SSSR count). The maximum atomic E-state index is 14.0. The molecule has 0 saturated heterocycles. The zero-order valence-corrected chi connectivity index (χ0v) is 20.5. The normalized spacial score (nSPS) is 19.4. The van der Waals surface area contributed by atoms with Crippen molar-refractivity contribution >= 4 is 23.1 Å². The molecule has 0 spiro atoms. The molecule has 0 saturated carbocycles. The summed E-state index contributed by atoms with van der Waals surface area (Å²) in [6.07, 6.45) is 11.7. The lowest BCUT2D eigenvalue weighted by Crippen LogP contribution is -2.40. The minimum atomic E-state index is 0.0315. The molecule has 5 heteroatoms. The van der Waals surface area contributed by atoms with Crippen molar-refractivity contribution in [3.8, 4) is 5.00 Å². The summed E-state index contributed by atoms with van der Waals surface area (Å²) >= 11 is 1.95. The van der Waals surface area contributed by atoms with Gasteiger partial charge in [0.05, 0.1) is 12.6 Å². The van der Waals surface area contributed by atoms with Crippen molar-refractivity contribution in [2.24, 2.45) is 5.92 Å². The van der Waals surface area contributed by atoms with Gasteiger partial charge in [0.25, 0.3) is 0 Å². The Hall–Kier alpha value is -2.53. The van der Waals surface area contributed by atoms with Crippen molar-refractivity contribution in [2.45, 2.75) is 77.8 Å². The van der Waals surface area contributed by atoms with Gasteiger partial charge in [-0.15, -0.1) is 11.3 Å². The Bertz CT molecular complexity index is 1200. The minimum Gasteiger partial charge on any atom is -0.311 e. The highest BCUT2D eigenvalue weighted by Gasteiger charge is 2.36. The van der Waals surface area contributed by atoms with Crippen LogP contribution in [0, 0.1) is 5.92 Å². The lowest BCUT2D eigenvalue weighted by molar-refractivity contribution is 0.161. The fraction of sp³-hybridized carbons (Fsp3) is 0.464. The summed E-state index contributed by atoms with van der Waals surface area (Å²) in [7, 11) is 0. The summed E-state index contributed by atoms with van der Waals surface area (Å²) in [5, 5.41) is 4.69. The highest BCUT2D eigenvalue weighted by molar-refractivity contribution is 7.15. The fourth-order valence-electron chi connectivity index (χ4n) is 6.21. The number of nitrogens with one attached hydrogen (secondary N) is 1. The summed E-state index contributed by atoms with van der Waals surface area (Å²) in [6.45, 7) is 5.16. The number of benzene rings is 1. The molecule has 172 valence electrons. The molecule has 2 amide bonds. The van der Waals surface area contributed by atoms with E-state index in [0.717, 1.165) is 24.9 Å². The highest BCUT2D eigenvalue weighted by Crippen LogP contribution is 2.44. The van der Waals surface area contributed by atoms with Crippen molar-refractivity contribution in [3.05, 3.63) is 69.4 Å². The van der Waals surface area contributed by atoms with Crippen LogP contribution in [-0.4, -0.2) is 15.5 Å². The van der Waals surface area contributed by atoms with Crippen LogP contribution in [0.15, 0.2) is 36.5 Å². The summed E-state index contributed by atoms with van der Waals surface area (Å²) in [6, 6.07) is 10.8. The Morgan fingerprint density at radius 2 is 1.76 bits per heavy atom. The molecule has 0 fully saturated rings. The molecule has 2 aromatic heterocycles. The zero-order chi connectivity index (χ0) is 22.5. The largest absolute Gasteiger partial charge is 0.322 e. The van der Waals surface area contributed by atoms with Gasteiger partial charge >= 0.3 is 6.03 Å². The monoisotopic (exact) mass is 459 g/mol. The average Bonchev–Trinajstić information content (AvgIpc) is 3.40. The molecule has 0 unspecified atom stereocenters. The van der Waals surface area contributed by atoms with Crippen LogP contribution in [0.5, 0.6) is 0 Å². The van der Waals surface area contributed by atoms with Gasteiger partial charge in [-0.2, -0.15) is 0 Å². The maximum Gasteiger partial charge on any atom is 0.322 e. The molecule has 0 radical (unpaired) electrons. The van der Waals surface area contributed by atoms with Crippen LogP contribution in [0.25, 0.3) is 5.00 Å². The van der Waals surface area contributed by atoms with Gasteiger partial charge in [-0.1, -0.05) is 26.0 Å². The molecule has 3 aromatic rings. The number of rotatable bonds is 2. The third-order valence-corrected chi connectivity index (χ3v) is 9.09. The molecule has 4 nitrogen and oxygen atoms in total. The third kappa shape index (κ3) is 3.52. The van der Waals surface area contributed by atoms with Crippen LogP contribution in [0.1, 0.15) is 78.4 Å². The van der Waals surface area contributed by atoms with Crippen molar-refractivity contribution in [2.75, 3.05) is 5.32 Å². The van der Waals surface area contributed by atoms with Crippen molar-refractivity contribution in [1.29, 1.82) is 0 Å². The Labute approximate surface area is 200 Å². The first-order valence-corrected chi connectivity index (χ1v) is 13.4. The molecular formula is C28H33N3OS. The smallest absolute Gasteiger partial charge is 0.311 e. The summed E-state index contributed by atoms with van der Waals surface area (Å²) in [5.74, 6) is 0.318. The van der Waals surface area contributed by atoms with Gasteiger partial charge in [-0.05, 0) is 92.2 Å². The summed E-state index contributed by atoms with van der Waals surface area (Å²) in [5.41, 5.74) is 7.86. The van der Waals surface area contributed by atoms with Crippen LogP contribution >= 0.6 is 11.3 Å². The number of aryl methyl sites for hydroxylation is 2. The number of amides is 2. The first-order valence-electron chi connectivity index (χ1n) is 12.6. The van der Waals surface area contributed by atoms with Gasteiger partial charge < -0.3 is 14.8 Å². The number of carbonyl (C=O) groups excluding carboxylic acids is 1. The van der Waals surface area contributed by atoms with E-state index in [2.05, 4.69) is 65.2 Å². The van der Waals surface area contributed by atoms with Crippen molar-refractivity contribution in [1.82, 2.24) is 9.47 Å². The number of hydrogen-bond donors (Lipinski definition) is 1. The summed E-state index contributed by atoms with van der Waals surface area (Å²) in [4.78, 5) is 17.6. The fourth-order valence-corrected chi connectivity index (χ4v) is 7.61. The molecule has 3 aliphatic rings. The van der Waals surface area contributed by atoms with E-state index in [4.69, 9.17) is 0 Å². The molecule has 1 aromatic carbocycles. The van der Waals surface area contributed by atoms with Crippen LogP contribution in [-0.2, 0) is 32.2 Å². The van der Waals surface area contributed by atoms with E-state index in [1.807, 2.05) is 11.3 Å². The maximum absolute atomic E-state index is 14.0. The van der Waals surface area contributed by atoms with Crippen molar-refractivity contribution in [3.63, 3.8) is 0 Å². The number of anilines is 1. The highest BCUT2D eigenvalue weighted by atomic mass is 32.1. The zero-order valence-electron chi connectivity index (χ0n) is 19.7. The number of nitrogens with zero attached hydrogens (tertiary/aromatic N) is 2. The van der Waals surface area contributed by atoms with Crippen LogP contribution < -0.4 is 5.32 Å². The van der Waals surface area contributed by atoms with Crippen molar-refractivity contribution < 1.29 is 4.79 Å². The number of carbonyl (C=O) groups is 1. The van der Waals surface area contributed by atoms with Gasteiger partial charge in [-0.3, -0.25) is 0 Å². The van der Waals surface area contributed by atoms with E-state index in [1.165, 1.54) is 69.9 Å². The average molecular weight is 460 g/mol. The van der Waals surface area contributed by atoms with E-state index < -0.39 is 0 Å². The first kappa shape index (κ1) is 21.0. The second-order valence-corrected chi connectivity index (χ2v) is 11.3. The summed E-state index contributed by atoms with van der Waals surface area (Å²) < 4.78 is 2.38. The number of fused-ring (bicyclic) bond motifs is 6. The Balaban J connectivity index is 1.42. The standard InChI is InChI=1S/C28H33N3OS/c1-18(2)26-24-14-8-16-30(24)27-22(21-12-5-6-15-25(21)33-27)17-31(26)28(32)29-23-13-7-10-19-9-3-4-11-20(19)23/h7-8,10,13-14,16,18,26H,3-6,9,11-12,15,17H2,1-2H3,(H,29,32)/t26-/m0/s1. The van der Waals surface area contributed by atoms with Crippen LogP contribution in [0.4, 0.5) is 10.5 Å². The molecule has 1 N–H and O–H groups in total. The predicted octanol–water partition coefficient (Wildman–Crippen LogP) is 7.04. The predicted molar refractivity (Wildman–Crippen MR) is 136 cm³/mol. The Morgan fingerprint density at radius 3 is 2.61 bits per heavy atom. The number of hydrogen-bond acceptors (Lipinski definition) is 2. The van der Waals surface area contributed by atoms with Gasteiger partial charge in [0.15, 0.2) is 0 Å². The number of thiophene rings is 1. The van der Waals surface area contributed by atoms with Crippen LogP contribution in [0.3, 0.4) is 0 Å². The van der Waals surface area contributed by atoms with Gasteiger partial charge in [0, 0.05) is 28.0 Å². The SMILES string of the molecule is CC(C)[C@H]1c2cccn2-c2sc3c(c2CN1C(=O)Nc1cccc2c1CCCC2)CCCC3. The third-order valence-electron chi connectivity index (χ3n) is 7.76. The molecule has 1 aliphatic heterocycles. The topological polar surface area (TPSA) is 37.3 Å². The molecule has 33 heavy (non-hydrogen) atoms. The first-order chi connectivity index (χ1) is 16.1. The second-order valence-electron chi connectivity index (χ2n) is 10.2. The lowest BCUT2D eigenvalue weighted by atomic mass is 9.90. The van der Waals surface area contributed by atoms with E-state index in [9.17, 15) is 4.79 Å². The minimum absolute atomic E-state index is 0.0315. The van der Waals surface area contributed by atoms with Gasteiger partial charge in [0.1, 0.15) is 5.00 Å². The number of aromatic nitrogens is 1. The quantitative estimate of drug-likeness (QED) is 0.438. The molecule has 3 heterocycles. The van der Waals surface area contributed by atoms with E-state index in [1.54, 1.807) is 0 Å². The van der Waals surface area contributed by atoms with Gasteiger partial charge in [-0.25, -0.2) is 4.79 Å². The van der Waals surface area contributed by atoms with E-state index >= 15 is 0 Å².